The number of piperidine rings is 1. The summed E-state index contributed by atoms with van der Waals surface area (Å²) >= 11 is 3.43. The molecule has 1 fully saturated rings. The average molecular weight is 343 g/mol. The third kappa shape index (κ3) is 3.49. The molecule has 5 nitrogen and oxygen atoms in total. The number of nitro groups is 1. The first kappa shape index (κ1) is 15.3. The number of anilines is 1. The number of non-ortho nitro benzene ring substituents is 1. The SMILES string of the molecule is COCC1CCCN(c2ccc([N+](=O)[O-])cc2CBr)C1. The molecule has 0 N–H and O–H groups in total. The summed E-state index contributed by atoms with van der Waals surface area (Å²) in [6, 6.07) is 5.11. The third-order valence-corrected chi connectivity index (χ3v) is 4.28. The topological polar surface area (TPSA) is 55.6 Å². The maximum Gasteiger partial charge on any atom is 0.269 e. The Bertz CT molecular complexity index is 479. The van der Waals surface area contributed by atoms with Gasteiger partial charge in [-0.15, -0.1) is 0 Å². The fraction of sp³-hybridized carbons (Fsp3) is 0.571. The van der Waals surface area contributed by atoms with Crippen molar-refractivity contribution in [3.05, 3.63) is 33.9 Å². The molecule has 1 aromatic carbocycles. The summed E-state index contributed by atoms with van der Waals surface area (Å²) in [5.41, 5.74) is 2.21. The lowest BCUT2D eigenvalue weighted by Gasteiger charge is -2.35. The van der Waals surface area contributed by atoms with Crippen LogP contribution in [0.25, 0.3) is 0 Å². The lowest BCUT2D eigenvalue weighted by Crippen LogP contribution is -2.37. The fourth-order valence-corrected chi connectivity index (χ4v) is 3.21. The van der Waals surface area contributed by atoms with Crippen LogP contribution in [0.15, 0.2) is 18.2 Å². The number of rotatable bonds is 5. The molecule has 1 unspecified atom stereocenters. The van der Waals surface area contributed by atoms with E-state index in [2.05, 4.69) is 20.8 Å². The fourth-order valence-electron chi connectivity index (χ4n) is 2.76. The Balaban J connectivity index is 2.20. The minimum atomic E-state index is -0.347. The first-order valence-corrected chi connectivity index (χ1v) is 7.85. The molecule has 1 heterocycles. The lowest BCUT2D eigenvalue weighted by molar-refractivity contribution is -0.384. The van der Waals surface area contributed by atoms with Crippen molar-refractivity contribution in [3.8, 4) is 0 Å². The van der Waals surface area contributed by atoms with Crippen LogP contribution in [0.2, 0.25) is 0 Å². The Kier molecular flexibility index (Phi) is 5.37. The second-order valence-electron chi connectivity index (χ2n) is 5.11. The molecule has 0 bridgehead atoms. The van der Waals surface area contributed by atoms with Gasteiger partial charge in [-0.3, -0.25) is 10.1 Å². The van der Waals surface area contributed by atoms with Crippen molar-refractivity contribution in [2.24, 2.45) is 5.92 Å². The molecule has 0 saturated carbocycles. The number of hydrogen-bond acceptors (Lipinski definition) is 4. The van der Waals surface area contributed by atoms with Gasteiger partial charge in [-0.25, -0.2) is 0 Å². The first-order valence-electron chi connectivity index (χ1n) is 6.73. The average Bonchev–Trinajstić information content (AvgIpc) is 2.47. The Morgan fingerprint density at radius 3 is 3.00 bits per heavy atom. The number of halogens is 1. The first-order chi connectivity index (χ1) is 9.65. The molecular weight excluding hydrogens is 324 g/mol. The Labute approximate surface area is 127 Å². The van der Waals surface area contributed by atoms with Crippen molar-refractivity contribution in [1.82, 2.24) is 0 Å². The second kappa shape index (κ2) is 7.04. The van der Waals surface area contributed by atoms with E-state index in [1.54, 1.807) is 19.2 Å². The zero-order valence-corrected chi connectivity index (χ0v) is 13.1. The zero-order valence-electron chi connectivity index (χ0n) is 11.5. The van der Waals surface area contributed by atoms with Crippen molar-refractivity contribution in [3.63, 3.8) is 0 Å². The van der Waals surface area contributed by atoms with Gasteiger partial charge >= 0.3 is 0 Å². The summed E-state index contributed by atoms with van der Waals surface area (Å²) in [6.45, 7) is 2.72. The van der Waals surface area contributed by atoms with Crippen LogP contribution in [0.4, 0.5) is 11.4 Å². The molecular formula is C14H19BrN2O3. The van der Waals surface area contributed by atoms with Crippen LogP contribution in [0.3, 0.4) is 0 Å². The van der Waals surface area contributed by atoms with E-state index in [1.807, 2.05) is 6.07 Å². The second-order valence-corrected chi connectivity index (χ2v) is 5.67. The van der Waals surface area contributed by atoms with Crippen LogP contribution in [-0.2, 0) is 10.1 Å². The summed E-state index contributed by atoms with van der Waals surface area (Å²) < 4.78 is 5.25. The summed E-state index contributed by atoms with van der Waals surface area (Å²) in [7, 11) is 1.73. The van der Waals surface area contributed by atoms with Crippen molar-refractivity contribution in [2.75, 3.05) is 31.7 Å². The zero-order chi connectivity index (χ0) is 14.5. The molecule has 1 aliphatic heterocycles. The maximum atomic E-state index is 10.9. The number of alkyl halides is 1. The van der Waals surface area contributed by atoms with E-state index >= 15 is 0 Å². The predicted molar refractivity (Wildman–Crippen MR) is 82.5 cm³/mol. The molecule has 6 heteroatoms. The number of ether oxygens (including phenoxy) is 1. The van der Waals surface area contributed by atoms with E-state index in [-0.39, 0.29) is 10.6 Å². The molecule has 0 amide bonds. The lowest BCUT2D eigenvalue weighted by atomic mass is 9.97. The van der Waals surface area contributed by atoms with Crippen LogP contribution < -0.4 is 4.90 Å². The molecule has 2 rings (SSSR count). The molecule has 110 valence electrons. The number of nitro benzene ring substituents is 1. The Hall–Kier alpha value is -1.14. The minimum Gasteiger partial charge on any atom is -0.384 e. The number of nitrogens with zero attached hydrogens (tertiary/aromatic N) is 2. The minimum absolute atomic E-state index is 0.147. The number of benzene rings is 1. The van der Waals surface area contributed by atoms with Gasteiger partial charge in [0.1, 0.15) is 0 Å². The van der Waals surface area contributed by atoms with Crippen LogP contribution >= 0.6 is 15.9 Å². The van der Waals surface area contributed by atoms with Crippen molar-refractivity contribution >= 4 is 27.3 Å². The third-order valence-electron chi connectivity index (χ3n) is 3.68. The summed E-state index contributed by atoms with van der Waals surface area (Å²) in [4.78, 5) is 12.8. The van der Waals surface area contributed by atoms with Crippen LogP contribution in [-0.4, -0.2) is 31.7 Å². The Morgan fingerprint density at radius 2 is 2.35 bits per heavy atom. The number of methoxy groups -OCH3 is 1. The van der Waals surface area contributed by atoms with Gasteiger partial charge in [0, 0.05) is 43.3 Å². The van der Waals surface area contributed by atoms with Gasteiger partial charge in [-0.1, -0.05) is 15.9 Å². The molecule has 0 aromatic heterocycles. The van der Waals surface area contributed by atoms with E-state index in [0.717, 1.165) is 37.4 Å². The van der Waals surface area contributed by atoms with E-state index in [4.69, 9.17) is 4.74 Å². The Morgan fingerprint density at radius 1 is 1.55 bits per heavy atom. The quantitative estimate of drug-likeness (QED) is 0.467. The van der Waals surface area contributed by atoms with Crippen molar-refractivity contribution in [1.29, 1.82) is 0 Å². The smallest absolute Gasteiger partial charge is 0.269 e. The molecule has 0 spiro atoms. The van der Waals surface area contributed by atoms with Gasteiger partial charge < -0.3 is 9.64 Å². The molecule has 1 atom stereocenters. The standard InChI is InChI=1S/C14H19BrN2O3/c1-20-10-11-3-2-6-16(9-11)14-5-4-13(17(18)19)7-12(14)8-15/h4-5,7,11H,2-3,6,8-10H2,1H3. The highest BCUT2D eigenvalue weighted by Gasteiger charge is 2.22. The van der Waals surface area contributed by atoms with Crippen molar-refractivity contribution < 1.29 is 9.66 Å². The highest BCUT2D eigenvalue weighted by atomic mass is 79.9. The van der Waals surface area contributed by atoms with Gasteiger partial charge in [-0.05, 0) is 30.4 Å². The van der Waals surface area contributed by atoms with E-state index in [0.29, 0.717) is 11.2 Å². The molecule has 1 aromatic rings. The maximum absolute atomic E-state index is 10.9. The van der Waals surface area contributed by atoms with Gasteiger partial charge in [0.2, 0.25) is 0 Å². The van der Waals surface area contributed by atoms with Gasteiger partial charge in [-0.2, -0.15) is 0 Å². The summed E-state index contributed by atoms with van der Waals surface area (Å²) in [5.74, 6) is 0.534. The highest BCUT2D eigenvalue weighted by Crippen LogP contribution is 2.30. The number of hydrogen-bond donors (Lipinski definition) is 0. The normalized spacial score (nSPS) is 19.1. The molecule has 1 saturated heterocycles. The van der Waals surface area contributed by atoms with Gasteiger partial charge in [0.25, 0.3) is 5.69 Å². The van der Waals surface area contributed by atoms with E-state index in [9.17, 15) is 10.1 Å². The van der Waals surface area contributed by atoms with Crippen LogP contribution in [0.5, 0.6) is 0 Å². The largest absolute Gasteiger partial charge is 0.384 e. The molecule has 20 heavy (non-hydrogen) atoms. The van der Waals surface area contributed by atoms with E-state index in [1.165, 1.54) is 6.42 Å². The van der Waals surface area contributed by atoms with E-state index < -0.39 is 0 Å². The van der Waals surface area contributed by atoms with Gasteiger partial charge in [0.15, 0.2) is 0 Å². The predicted octanol–water partition coefficient (Wildman–Crippen LogP) is 3.35. The summed E-state index contributed by atoms with van der Waals surface area (Å²) in [6.07, 6.45) is 2.31. The van der Waals surface area contributed by atoms with Crippen molar-refractivity contribution in [2.45, 2.75) is 18.2 Å². The molecule has 0 radical (unpaired) electrons. The molecule has 1 aliphatic rings. The van der Waals surface area contributed by atoms with Crippen LogP contribution in [0.1, 0.15) is 18.4 Å². The monoisotopic (exact) mass is 342 g/mol. The highest BCUT2D eigenvalue weighted by molar-refractivity contribution is 9.08. The molecule has 0 aliphatic carbocycles. The van der Waals surface area contributed by atoms with Gasteiger partial charge in [0.05, 0.1) is 11.5 Å². The van der Waals surface area contributed by atoms with Crippen LogP contribution in [0, 0.1) is 16.0 Å². The summed E-state index contributed by atoms with van der Waals surface area (Å²) in [5, 5.41) is 11.5.